The largest absolute Gasteiger partial charge is 0.192 e. The SMILES string of the molecule is CCCCCCC[C@H]1CC[C@H](c2ccc(-c3ccc(C#N)cc3)cc2)CC1. The van der Waals surface area contributed by atoms with Crippen LogP contribution in [0.2, 0.25) is 0 Å². The van der Waals surface area contributed by atoms with Crippen molar-refractivity contribution in [3.05, 3.63) is 59.7 Å². The van der Waals surface area contributed by atoms with E-state index in [0.717, 1.165) is 17.4 Å². The Morgan fingerprint density at radius 2 is 1.37 bits per heavy atom. The number of hydrogen-bond donors (Lipinski definition) is 0. The number of benzene rings is 2. The summed E-state index contributed by atoms with van der Waals surface area (Å²) in [5.74, 6) is 1.72. The van der Waals surface area contributed by atoms with Crippen molar-refractivity contribution in [2.24, 2.45) is 5.92 Å². The zero-order valence-corrected chi connectivity index (χ0v) is 16.8. The molecule has 3 rings (SSSR count). The van der Waals surface area contributed by atoms with Gasteiger partial charge in [-0.25, -0.2) is 0 Å². The Morgan fingerprint density at radius 3 is 1.96 bits per heavy atom. The second-order valence-corrected chi connectivity index (χ2v) is 8.23. The van der Waals surface area contributed by atoms with E-state index >= 15 is 0 Å². The van der Waals surface area contributed by atoms with Crippen LogP contribution in [-0.4, -0.2) is 0 Å². The van der Waals surface area contributed by atoms with E-state index in [1.807, 2.05) is 24.3 Å². The lowest BCUT2D eigenvalue weighted by atomic mass is 9.77. The van der Waals surface area contributed by atoms with Gasteiger partial charge in [-0.15, -0.1) is 0 Å². The molecule has 1 nitrogen and oxygen atoms in total. The Labute approximate surface area is 165 Å². The van der Waals surface area contributed by atoms with Crippen LogP contribution in [0.5, 0.6) is 0 Å². The molecule has 2 aromatic carbocycles. The molecule has 0 heterocycles. The minimum absolute atomic E-state index is 0.720. The third-order valence-electron chi connectivity index (χ3n) is 6.29. The Balaban J connectivity index is 1.48. The van der Waals surface area contributed by atoms with Gasteiger partial charge in [0.2, 0.25) is 0 Å². The second-order valence-electron chi connectivity index (χ2n) is 8.23. The first-order valence-electron chi connectivity index (χ1n) is 10.9. The lowest BCUT2D eigenvalue weighted by molar-refractivity contribution is 0.302. The maximum atomic E-state index is 8.93. The van der Waals surface area contributed by atoms with Gasteiger partial charge in [-0.05, 0) is 66.3 Å². The lowest BCUT2D eigenvalue weighted by Gasteiger charge is -2.29. The number of rotatable bonds is 8. The summed E-state index contributed by atoms with van der Waals surface area (Å²) in [5, 5.41) is 8.93. The molecule has 0 saturated heterocycles. The van der Waals surface area contributed by atoms with Crippen molar-refractivity contribution in [1.82, 2.24) is 0 Å². The van der Waals surface area contributed by atoms with E-state index < -0.39 is 0 Å². The molecule has 0 aromatic heterocycles. The summed E-state index contributed by atoms with van der Waals surface area (Å²) in [6, 6.07) is 19.2. The highest BCUT2D eigenvalue weighted by Crippen LogP contribution is 2.38. The molecule has 142 valence electrons. The first-order chi connectivity index (χ1) is 13.3. The van der Waals surface area contributed by atoms with Gasteiger partial charge in [-0.3, -0.25) is 0 Å². The number of nitrogens with zero attached hydrogens (tertiary/aromatic N) is 1. The summed E-state index contributed by atoms with van der Waals surface area (Å²) in [6.45, 7) is 2.29. The van der Waals surface area contributed by atoms with Crippen LogP contribution < -0.4 is 0 Å². The Morgan fingerprint density at radius 1 is 0.778 bits per heavy atom. The van der Waals surface area contributed by atoms with Crippen LogP contribution in [0.4, 0.5) is 0 Å². The van der Waals surface area contributed by atoms with E-state index in [9.17, 15) is 0 Å². The van der Waals surface area contributed by atoms with Gasteiger partial charge in [-0.2, -0.15) is 5.26 Å². The summed E-state index contributed by atoms with van der Waals surface area (Å²) in [6.07, 6.45) is 14.0. The minimum Gasteiger partial charge on any atom is -0.192 e. The molecule has 1 aliphatic rings. The maximum absolute atomic E-state index is 8.93. The van der Waals surface area contributed by atoms with E-state index in [2.05, 4.69) is 37.3 Å². The van der Waals surface area contributed by atoms with Crippen molar-refractivity contribution in [1.29, 1.82) is 5.26 Å². The van der Waals surface area contributed by atoms with Gasteiger partial charge < -0.3 is 0 Å². The highest BCUT2D eigenvalue weighted by molar-refractivity contribution is 5.64. The molecule has 1 saturated carbocycles. The van der Waals surface area contributed by atoms with Crippen LogP contribution in [0, 0.1) is 17.2 Å². The fraction of sp³-hybridized carbons (Fsp3) is 0.500. The van der Waals surface area contributed by atoms with Crippen LogP contribution in [0.3, 0.4) is 0 Å². The third-order valence-corrected chi connectivity index (χ3v) is 6.29. The zero-order chi connectivity index (χ0) is 18.9. The topological polar surface area (TPSA) is 23.8 Å². The molecular weight excluding hydrogens is 326 g/mol. The average Bonchev–Trinajstić information content (AvgIpc) is 2.74. The Bertz CT molecular complexity index is 712. The van der Waals surface area contributed by atoms with Crippen LogP contribution in [0.1, 0.15) is 88.2 Å². The Kier molecular flexibility index (Phi) is 7.52. The summed E-state index contributed by atoms with van der Waals surface area (Å²) in [5.41, 5.74) is 4.66. The van der Waals surface area contributed by atoms with Crippen molar-refractivity contribution in [3.8, 4) is 17.2 Å². The fourth-order valence-corrected chi connectivity index (χ4v) is 4.51. The molecule has 0 aliphatic heterocycles. The molecule has 27 heavy (non-hydrogen) atoms. The molecular formula is C26H33N. The molecule has 0 radical (unpaired) electrons. The smallest absolute Gasteiger partial charge is 0.0991 e. The van der Waals surface area contributed by atoms with Crippen molar-refractivity contribution >= 4 is 0 Å². The summed E-state index contributed by atoms with van der Waals surface area (Å²) in [7, 11) is 0. The van der Waals surface area contributed by atoms with E-state index in [1.165, 1.54) is 80.9 Å². The first-order valence-corrected chi connectivity index (χ1v) is 10.9. The van der Waals surface area contributed by atoms with Crippen LogP contribution in [-0.2, 0) is 0 Å². The van der Waals surface area contributed by atoms with Crippen molar-refractivity contribution < 1.29 is 0 Å². The highest BCUT2D eigenvalue weighted by atomic mass is 14.3. The van der Waals surface area contributed by atoms with Gasteiger partial charge in [0.25, 0.3) is 0 Å². The molecule has 0 bridgehead atoms. The quantitative estimate of drug-likeness (QED) is 0.440. The van der Waals surface area contributed by atoms with Gasteiger partial charge in [-0.1, -0.05) is 81.8 Å². The van der Waals surface area contributed by atoms with Gasteiger partial charge in [0.15, 0.2) is 0 Å². The Hall–Kier alpha value is -2.07. The van der Waals surface area contributed by atoms with Crippen molar-refractivity contribution in [2.75, 3.05) is 0 Å². The maximum Gasteiger partial charge on any atom is 0.0991 e. The third kappa shape index (κ3) is 5.70. The standard InChI is InChI=1S/C26H33N/c1-2-3-4-5-6-7-21-8-12-23(13-9-21)25-16-18-26(19-17-25)24-14-10-22(20-27)11-15-24/h10-11,14-19,21,23H,2-9,12-13H2,1H3/t21-,23-. The van der Waals surface area contributed by atoms with Gasteiger partial charge >= 0.3 is 0 Å². The summed E-state index contributed by atoms with van der Waals surface area (Å²) < 4.78 is 0. The molecule has 1 aliphatic carbocycles. The van der Waals surface area contributed by atoms with Crippen molar-refractivity contribution in [2.45, 2.75) is 77.0 Å². The molecule has 0 spiro atoms. The number of nitriles is 1. The van der Waals surface area contributed by atoms with E-state index in [-0.39, 0.29) is 0 Å². The minimum atomic E-state index is 0.720. The van der Waals surface area contributed by atoms with Crippen LogP contribution >= 0.6 is 0 Å². The van der Waals surface area contributed by atoms with Gasteiger partial charge in [0, 0.05) is 0 Å². The predicted octanol–water partition coefficient (Wildman–Crippen LogP) is 7.86. The molecule has 0 amide bonds. The average molecular weight is 360 g/mol. The van der Waals surface area contributed by atoms with Gasteiger partial charge in [0.05, 0.1) is 11.6 Å². The number of hydrogen-bond acceptors (Lipinski definition) is 1. The molecule has 2 aromatic rings. The molecule has 0 unspecified atom stereocenters. The molecule has 0 N–H and O–H groups in total. The second kappa shape index (κ2) is 10.3. The summed E-state index contributed by atoms with van der Waals surface area (Å²) in [4.78, 5) is 0. The first kappa shape index (κ1) is 19.7. The molecule has 1 heteroatoms. The van der Waals surface area contributed by atoms with E-state index in [0.29, 0.717) is 0 Å². The highest BCUT2D eigenvalue weighted by Gasteiger charge is 2.22. The molecule has 1 fully saturated rings. The fourth-order valence-electron chi connectivity index (χ4n) is 4.51. The normalized spacial score (nSPS) is 19.6. The van der Waals surface area contributed by atoms with Gasteiger partial charge in [0.1, 0.15) is 0 Å². The van der Waals surface area contributed by atoms with E-state index in [4.69, 9.17) is 5.26 Å². The number of unbranched alkanes of at least 4 members (excludes halogenated alkanes) is 4. The van der Waals surface area contributed by atoms with E-state index in [1.54, 1.807) is 0 Å². The van der Waals surface area contributed by atoms with Crippen LogP contribution in [0.15, 0.2) is 48.5 Å². The van der Waals surface area contributed by atoms with Crippen LogP contribution in [0.25, 0.3) is 11.1 Å². The molecule has 0 atom stereocenters. The predicted molar refractivity (Wildman–Crippen MR) is 115 cm³/mol. The van der Waals surface area contributed by atoms with Crippen molar-refractivity contribution in [3.63, 3.8) is 0 Å². The summed E-state index contributed by atoms with van der Waals surface area (Å²) >= 11 is 0. The lowest BCUT2D eigenvalue weighted by Crippen LogP contribution is -2.13. The zero-order valence-electron chi connectivity index (χ0n) is 16.8. The monoisotopic (exact) mass is 359 g/mol.